The summed E-state index contributed by atoms with van der Waals surface area (Å²) in [6.45, 7) is 1.12. The van der Waals surface area contributed by atoms with Gasteiger partial charge in [0.15, 0.2) is 5.13 Å². The normalized spacial score (nSPS) is 14.4. The number of primary amides is 1. The van der Waals surface area contributed by atoms with E-state index in [4.69, 9.17) is 5.73 Å². The second kappa shape index (κ2) is 8.56. The second-order valence-corrected chi connectivity index (χ2v) is 8.06. The van der Waals surface area contributed by atoms with E-state index in [-0.39, 0.29) is 22.4 Å². The number of piperidine rings is 1. The SMILES string of the molecule is NC(=O)c1cc(-c2csc(NC(=O)C3CCN(c4ccccc4[N+](=O)[O-])CC3)n2)c[nH]1. The molecule has 31 heavy (non-hydrogen) atoms. The van der Waals surface area contributed by atoms with E-state index in [1.165, 1.54) is 17.4 Å². The number of nitro groups is 1. The van der Waals surface area contributed by atoms with Gasteiger partial charge in [-0.3, -0.25) is 19.7 Å². The first kappa shape index (κ1) is 20.5. The highest BCUT2D eigenvalue weighted by molar-refractivity contribution is 7.14. The highest BCUT2D eigenvalue weighted by Gasteiger charge is 2.28. The number of hydrogen-bond donors (Lipinski definition) is 3. The Kier molecular flexibility index (Phi) is 5.67. The third kappa shape index (κ3) is 4.40. The number of nitrogens with two attached hydrogens (primary N) is 1. The van der Waals surface area contributed by atoms with E-state index in [2.05, 4.69) is 15.3 Å². The van der Waals surface area contributed by atoms with Crippen LogP contribution in [0.1, 0.15) is 23.3 Å². The van der Waals surface area contributed by atoms with E-state index >= 15 is 0 Å². The van der Waals surface area contributed by atoms with E-state index in [1.807, 2.05) is 4.90 Å². The first-order valence-corrected chi connectivity index (χ1v) is 10.5. The van der Waals surface area contributed by atoms with Crippen LogP contribution in [-0.2, 0) is 4.79 Å². The largest absolute Gasteiger partial charge is 0.366 e. The van der Waals surface area contributed by atoms with E-state index < -0.39 is 5.91 Å². The summed E-state index contributed by atoms with van der Waals surface area (Å²) < 4.78 is 0. The summed E-state index contributed by atoms with van der Waals surface area (Å²) in [5, 5.41) is 16.4. The molecule has 0 radical (unpaired) electrons. The lowest BCUT2D eigenvalue weighted by Gasteiger charge is -2.32. The predicted octanol–water partition coefficient (Wildman–Crippen LogP) is 3.00. The molecule has 1 aliphatic rings. The van der Waals surface area contributed by atoms with Gasteiger partial charge in [0.1, 0.15) is 11.4 Å². The Labute approximate surface area is 181 Å². The zero-order valence-electron chi connectivity index (χ0n) is 16.4. The van der Waals surface area contributed by atoms with Gasteiger partial charge in [0.25, 0.3) is 11.6 Å². The van der Waals surface area contributed by atoms with Gasteiger partial charge in [-0.15, -0.1) is 11.3 Å². The monoisotopic (exact) mass is 440 g/mol. The van der Waals surface area contributed by atoms with Crippen molar-refractivity contribution in [2.45, 2.75) is 12.8 Å². The predicted molar refractivity (Wildman–Crippen MR) is 117 cm³/mol. The number of carbonyl (C=O) groups excluding carboxylic acids is 2. The van der Waals surface area contributed by atoms with Crippen LogP contribution in [0.2, 0.25) is 0 Å². The van der Waals surface area contributed by atoms with Crippen LogP contribution in [0.25, 0.3) is 11.3 Å². The Morgan fingerprint density at radius 2 is 2.03 bits per heavy atom. The van der Waals surface area contributed by atoms with Gasteiger partial charge in [0, 0.05) is 42.2 Å². The molecule has 0 unspecified atom stereocenters. The first-order valence-electron chi connectivity index (χ1n) is 9.65. The molecule has 3 heterocycles. The molecular formula is C20H20N6O4S. The fourth-order valence-electron chi connectivity index (χ4n) is 3.62. The molecule has 0 saturated carbocycles. The number of nitrogens with zero attached hydrogens (tertiary/aromatic N) is 3. The Bertz CT molecular complexity index is 1130. The van der Waals surface area contributed by atoms with Crippen molar-refractivity contribution in [2.75, 3.05) is 23.3 Å². The Hall–Kier alpha value is -3.73. The molecule has 0 atom stereocenters. The topological polar surface area (TPSA) is 147 Å². The van der Waals surface area contributed by atoms with Gasteiger partial charge in [-0.1, -0.05) is 12.1 Å². The van der Waals surface area contributed by atoms with Crippen molar-refractivity contribution < 1.29 is 14.5 Å². The van der Waals surface area contributed by atoms with Gasteiger partial charge < -0.3 is 20.9 Å². The minimum atomic E-state index is -0.554. The zero-order chi connectivity index (χ0) is 22.0. The third-order valence-electron chi connectivity index (χ3n) is 5.26. The molecule has 1 saturated heterocycles. The van der Waals surface area contributed by atoms with Crippen LogP contribution in [0.5, 0.6) is 0 Å². The summed E-state index contributed by atoms with van der Waals surface area (Å²) in [7, 11) is 0. The van der Waals surface area contributed by atoms with Crippen LogP contribution in [0.15, 0.2) is 41.9 Å². The molecule has 1 aromatic carbocycles. The van der Waals surface area contributed by atoms with E-state index in [9.17, 15) is 19.7 Å². The van der Waals surface area contributed by atoms with Crippen LogP contribution in [0.4, 0.5) is 16.5 Å². The molecule has 1 fully saturated rings. The van der Waals surface area contributed by atoms with Gasteiger partial charge in [-0.25, -0.2) is 4.98 Å². The summed E-state index contributed by atoms with van der Waals surface area (Å²) >= 11 is 1.30. The van der Waals surface area contributed by atoms with Crippen molar-refractivity contribution >= 4 is 39.7 Å². The van der Waals surface area contributed by atoms with E-state index in [0.717, 1.165) is 0 Å². The molecular weight excluding hydrogens is 420 g/mol. The number of H-pyrrole nitrogens is 1. The van der Waals surface area contributed by atoms with Crippen LogP contribution >= 0.6 is 11.3 Å². The van der Waals surface area contributed by atoms with Crippen LogP contribution in [-0.4, -0.2) is 39.8 Å². The van der Waals surface area contributed by atoms with Crippen molar-refractivity contribution in [3.8, 4) is 11.3 Å². The number of anilines is 2. The molecule has 10 nitrogen and oxygen atoms in total. The maximum atomic E-state index is 12.7. The lowest BCUT2D eigenvalue weighted by Crippen LogP contribution is -2.38. The number of aromatic nitrogens is 2. The van der Waals surface area contributed by atoms with Crippen molar-refractivity contribution in [1.82, 2.24) is 9.97 Å². The molecule has 2 amide bonds. The molecule has 160 valence electrons. The molecule has 4 N–H and O–H groups in total. The van der Waals surface area contributed by atoms with Crippen LogP contribution in [0.3, 0.4) is 0 Å². The molecule has 0 bridgehead atoms. The number of benzene rings is 1. The fourth-order valence-corrected chi connectivity index (χ4v) is 4.35. The minimum absolute atomic E-state index is 0.0740. The summed E-state index contributed by atoms with van der Waals surface area (Å²) in [5.41, 5.74) is 7.54. The van der Waals surface area contributed by atoms with E-state index in [0.29, 0.717) is 53.7 Å². The maximum Gasteiger partial charge on any atom is 0.292 e. The number of thiazole rings is 1. The highest BCUT2D eigenvalue weighted by Crippen LogP contribution is 2.32. The van der Waals surface area contributed by atoms with Crippen molar-refractivity contribution in [3.63, 3.8) is 0 Å². The number of amides is 2. The Morgan fingerprint density at radius 1 is 1.29 bits per heavy atom. The number of aromatic amines is 1. The summed E-state index contributed by atoms with van der Waals surface area (Å²) in [6, 6.07) is 8.26. The first-order chi connectivity index (χ1) is 14.9. The van der Waals surface area contributed by atoms with Crippen molar-refractivity contribution in [3.05, 3.63) is 57.7 Å². The van der Waals surface area contributed by atoms with E-state index in [1.54, 1.807) is 35.8 Å². The lowest BCUT2D eigenvalue weighted by molar-refractivity contribution is -0.384. The number of para-hydroxylation sites is 2. The van der Waals surface area contributed by atoms with Crippen molar-refractivity contribution in [1.29, 1.82) is 0 Å². The Balaban J connectivity index is 1.36. The number of nitro benzene ring substituents is 1. The average molecular weight is 440 g/mol. The number of hydrogen-bond acceptors (Lipinski definition) is 7. The molecule has 4 rings (SSSR count). The second-order valence-electron chi connectivity index (χ2n) is 7.20. The van der Waals surface area contributed by atoms with Gasteiger partial charge in [0.2, 0.25) is 5.91 Å². The molecule has 3 aromatic rings. The molecule has 0 aliphatic carbocycles. The van der Waals surface area contributed by atoms with Crippen LogP contribution < -0.4 is 16.0 Å². The number of rotatable bonds is 6. The molecule has 2 aromatic heterocycles. The molecule has 1 aliphatic heterocycles. The quantitative estimate of drug-likeness (QED) is 0.396. The molecule has 0 spiro atoms. The Morgan fingerprint density at radius 3 is 2.71 bits per heavy atom. The van der Waals surface area contributed by atoms with Crippen LogP contribution in [0, 0.1) is 16.0 Å². The molecule has 11 heteroatoms. The van der Waals surface area contributed by atoms with Gasteiger partial charge in [-0.2, -0.15) is 0 Å². The summed E-state index contributed by atoms with van der Waals surface area (Å²) in [6.07, 6.45) is 2.82. The lowest BCUT2D eigenvalue weighted by atomic mass is 9.95. The maximum absolute atomic E-state index is 12.7. The number of nitrogens with one attached hydrogen (secondary N) is 2. The van der Waals surface area contributed by atoms with Gasteiger partial charge >= 0.3 is 0 Å². The highest BCUT2D eigenvalue weighted by atomic mass is 32.1. The summed E-state index contributed by atoms with van der Waals surface area (Å²) in [4.78, 5) is 43.9. The zero-order valence-corrected chi connectivity index (χ0v) is 17.2. The minimum Gasteiger partial charge on any atom is -0.366 e. The van der Waals surface area contributed by atoms with Gasteiger partial charge in [0.05, 0.1) is 10.6 Å². The van der Waals surface area contributed by atoms with Crippen molar-refractivity contribution in [2.24, 2.45) is 11.7 Å². The fraction of sp³-hybridized carbons (Fsp3) is 0.250. The standard InChI is InChI=1S/C20H20N6O4S/c21-18(27)14-9-13(10-22-14)15-11-31-20(23-15)24-19(28)12-5-7-25(8-6-12)16-3-1-2-4-17(16)26(29)30/h1-4,9-12,22H,5-8H2,(H2,21,27)(H,23,24,28). The number of carbonyl (C=O) groups is 2. The average Bonchev–Trinajstić information content (AvgIpc) is 3.43. The smallest absolute Gasteiger partial charge is 0.292 e. The third-order valence-corrected chi connectivity index (χ3v) is 6.02. The van der Waals surface area contributed by atoms with Gasteiger partial charge in [-0.05, 0) is 25.0 Å². The summed E-state index contributed by atoms with van der Waals surface area (Å²) in [5.74, 6) is -0.864.